The van der Waals surface area contributed by atoms with Crippen LogP contribution in [0.25, 0.3) is 0 Å². The third-order valence-corrected chi connectivity index (χ3v) is 4.47. The summed E-state index contributed by atoms with van der Waals surface area (Å²) in [6.07, 6.45) is 5.04. The van der Waals surface area contributed by atoms with Gasteiger partial charge in [0, 0.05) is 18.3 Å². The summed E-state index contributed by atoms with van der Waals surface area (Å²) in [7, 11) is 0. The Labute approximate surface area is 127 Å². The van der Waals surface area contributed by atoms with Crippen molar-refractivity contribution in [1.29, 1.82) is 0 Å². The molecule has 0 unspecified atom stereocenters. The van der Waals surface area contributed by atoms with Gasteiger partial charge in [0.25, 0.3) is 0 Å². The fourth-order valence-corrected chi connectivity index (χ4v) is 3.27. The zero-order valence-corrected chi connectivity index (χ0v) is 12.5. The van der Waals surface area contributed by atoms with Gasteiger partial charge in [-0.15, -0.1) is 0 Å². The Balaban J connectivity index is 1.68. The van der Waals surface area contributed by atoms with E-state index in [-0.39, 0.29) is 0 Å². The minimum atomic E-state index is 0.558. The summed E-state index contributed by atoms with van der Waals surface area (Å²) in [5.74, 6) is 0. The number of anilines is 1. The number of rotatable bonds is 4. The monoisotopic (exact) mass is 280 g/mol. The van der Waals surface area contributed by atoms with Gasteiger partial charge in [-0.1, -0.05) is 48.9 Å². The van der Waals surface area contributed by atoms with Gasteiger partial charge in [0.2, 0.25) is 0 Å². The normalized spacial score (nSPS) is 19.5. The maximum atomic E-state index is 5.81. The van der Waals surface area contributed by atoms with E-state index >= 15 is 0 Å². The lowest BCUT2D eigenvalue weighted by atomic mass is 9.94. The van der Waals surface area contributed by atoms with Gasteiger partial charge in [-0.25, -0.2) is 0 Å². The molecule has 1 heterocycles. The molecule has 3 rings (SSSR count). The van der Waals surface area contributed by atoms with E-state index < -0.39 is 0 Å². The van der Waals surface area contributed by atoms with Crippen molar-refractivity contribution in [3.63, 3.8) is 0 Å². The molecular weight excluding hydrogens is 256 g/mol. The highest BCUT2D eigenvalue weighted by Crippen LogP contribution is 2.31. The number of piperidine rings is 1. The molecule has 21 heavy (non-hydrogen) atoms. The van der Waals surface area contributed by atoms with Crippen molar-refractivity contribution in [2.75, 3.05) is 18.8 Å². The third-order valence-electron chi connectivity index (χ3n) is 4.47. The van der Waals surface area contributed by atoms with Gasteiger partial charge in [0.15, 0.2) is 0 Å². The summed E-state index contributed by atoms with van der Waals surface area (Å²) in [6, 6.07) is 19.8. The van der Waals surface area contributed by atoms with E-state index in [1.165, 1.54) is 36.9 Å². The lowest BCUT2D eigenvalue weighted by molar-refractivity contribution is 0.150. The van der Waals surface area contributed by atoms with Crippen LogP contribution in [-0.4, -0.2) is 18.0 Å². The molecule has 0 bridgehead atoms. The summed E-state index contributed by atoms with van der Waals surface area (Å²) in [6.45, 7) is 2.35. The summed E-state index contributed by atoms with van der Waals surface area (Å²) in [4.78, 5) is 2.64. The quantitative estimate of drug-likeness (QED) is 0.856. The van der Waals surface area contributed by atoms with Gasteiger partial charge in [-0.2, -0.15) is 0 Å². The zero-order valence-electron chi connectivity index (χ0n) is 12.5. The van der Waals surface area contributed by atoms with Crippen LogP contribution in [0, 0.1) is 0 Å². The second-order valence-electron chi connectivity index (χ2n) is 5.95. The number of benzene rings is 2. The maximum Gasteiger partial charge on any atom is 0.0348 e. The molecule has 110 valence electrons. The van der Waals surface area contributed by atoms with Crippen LogP contribution in [0.3, 0.4) is 0 Å². The molecule has 1 saturated heterocycles. The van der Waals surface area contributed by atoms with Crippen LogP contribution in [0.1, 0.15) is 36.4 Å². The number of hydrogen-bond donors (Lipinski definition) is 1. The standard InChI is InChI=1S/C19H24N2/c20-18-11-9-17(10-12-18)19-8-4-5-14-21(19)15-13-16-6-2-1-3-7-16/h1-3,6-7,9-12,19H,4-5,8,13-15,20H2/t19-/m0/s1. The van der Waals surface area contributed by atoms with E-state index in [9.17, 15) is 0 Å². The molecular formula is C19H24N2. The van der Waals surface area contributed by atoms with E-state index in [0.717, 1.165) is 18.7 Å². The van der Waals surface area contributed by atoms with Crippen molar-refractivity contribution >= 4 is 5.69 Å². The van der Waals surface area contributed by atoms with Crippen LogP contribution in [0.15, 0.2) is 54.6 Å². The fraction of sp³-hybridized carbons (Fsp3) is 0.368. The Morgan fingerprint density at radius 1 is 0.952 bits per heavy atom. The van der Waals surface area contributed by atoms with Crippen LogP contribution in [0.2, 0.25) is 0 Å². The molecule has 0 spiro atoms. The van der Waals surface area contributed by atoms with E-state index in [1.54, 1.807) is 0 Å². The Kier molecular flexibility index (Phi) is 4.56. The van der Waals surface area contributed by atoms with Crippen molar-refractivity contribution in [2.45, 2.75) is 31.7 Å². The summed E-state index contributed by atoms with van der Waals surface area (Å²) in [5.41, 5.74) is 9.51. The first-order chi connectivity index (χ1) is 10.3. The van der Waals surface area contributed by atoms with Gasteiger partial charge >= 0.3 is 0 Å². The molecule has 0 radical (unpaired) electrons. The van der Waals surface area contributed by atoms with Crippen molar-refractivity contribution in [1.82, 2.24) is 4.90 Å². The molecule has 1 atom stereocenters. The number of nitrogens with two attached hydrogens (primary N) is 1. The predicted molar refractivity (Wildman–Crippen MR) is 89.2 cm³/mol. The minimum Gasteiger partial charge on any atom is -0.399 e. The highest BCUT2D eigenvalue weighted by molar-refractivity contribution is 5.40. The Hall–Kier alpha value is -1.80. The number of nitrogen functional groups attached to an aromatic ring is 1. The smallest absolute Gasteiger partial charge is 0.0348 e. The van der Waals surface area contributed by atoms with E-state index in [2.05, 4.69) is 47.4 Å². The molecule has 2 aromatic carbocycles. The van der Waals surface area contributed by atoms with Gasteiger partial charge in [0.1, 0.15) is 0 Å². The molecule has 0 aliphatic carbocycles. The van der Waals surface area contributed by atoms with Gasteiger partial charge in [-0.05, 0) is 49.1 Å². The Morgan fingerprint density at radius 3 is 2.48 bits per heavy atom. The number of nitrogens with zero attached hydrogens (tertiary/aromatic N) is 1. The summed E-state index contributed by atoms with van der Waals surface area (Å²) < 4.78 is 0. The molecule has 1 aliphatic rings. The lowest BCUT2D eigenvalue weighted by Gasteiger charge is -2.36. The molecule has 0 aromatic heterocycles. The maximum absolute atomic E-state index is 5.81. The summed E-state index contributed by atoms with van der Waals surface area (Å²) >= 11 is 0. The number of hydrogen-bond acceptors (Lipinski definition) is 2. The second-order valence-corrected chi connectivity index (χ2v) is 5.95. The molecule has 2 aromatic rings. The number of likely N-dealkylation sites (tertiary alicyclic amines) is 1. The lowest BCUT2D eigenvalue weighted by Crippen LogP contribution is -2.35. The molecule has 2 nitrogen and oxygen atoms in total. The van der Waals surface area contributed by atoms with Crippen LogP contribution in [0.5, 0.6) is 0 Å². The molecule has 1 fully saturated rings. The molecule has 0 amide bonds. The molecule has 2 N–H and O–H groups in total. The van der Waals surface area contributed by atoms with Crippen LogP contribution in [-0.2, 0) is 6.42 Å². The van der Waals surface area contributed by atoms with Crippen molar-refractivity contribution < 1.29 is 0 Å². The Bertz CT molecular complexity index is 548. The van der Waals surface area contributed by atoms with E-state index in [4.69, 9.17) is 5.73 Å². The minimum absolute atomic E-state index is 0.558. The van der Waals surface area contributed by atoms with Gasteiger partial charge in [-0.3, -0.25) is 4.90 Å². The highest BCUT2D eigenvalue weighted by Gasteiger charge is 2.23. The SMILES string of the molecule is Nc1ccc([C@@H]2CCCCN2CCc2ccccc2)cc1. The average molecular weight is 280 g/mol. The zero-order chi connectivity index (χ0) is 14.5. The average Bonchev–Trinajstić information content (AvgIpc) is 2.55. The van der Waals surface area contributed by atoms with Crippen LogP contribution in [0.4, 0.5) is 5.69 Å². The first kappa shape index (κ1) is 14.2. The molecule has 0 saturated carbocycles. The highest BCUT2D eigenvalue weighted by atomic mass is 15.2. The second kappa shape index (κ2) is 6.77. The molecule has 1 aliphatic heterocycles. The predicted octanol–water partition coefficient (Wildman–Crippen LogP) is 4.04. The fourth-order valence-electron chi connectivity index (χ4n) is 3.27. The topological polar surface area (TPSA) is 29.3 Å². The summed E-state index contributed by atoms with van der Waals surface area (Å²) in [5, 5.41) is 0. The van der Waals surface area contributed by atoms with E-state index in [0.29, 0.717) is 6.04 Å². The molecule has 2 heteroatoms. The first-order valence-corrected chi connectivity index (χ1v) is 7.96. The van der Waals surface area contributed by atoms with Crippen molar-refractivity contribution in [2.24, 2.45) is 0 Å². The first-order valence-electron chi connectivity index (χ1n) is 7.96. The van der Waals surface area contributed by atoms with Crippen molar-refractivity contribution in [3.05, 3.63) is 65.7 Å². The Morgan fingerprint density at radius 2 is 1.71 bits per heavy atom. The van der Waals surface area contributed by atoms with Gasteiger partial charge < -0.3 is 5.73 Å². The third kappa shape index (κ3) is 3.64. The van der Waals surface area contributed by atoms with Gasteiger partial charge in [0.05, 0.1) is 0 Å². The van der Waals surface area contributed by atoms with Crippen molar-refractivity contribution in [3.8, 4) is 0 Å². The van der Waals surface area contributed by atoms with Crippen LogP contribution < -0.4 is 5.73 Å². The van der Waals surface area contributed by atoms with E-state index in [1.807, 2.05) is 12.1 Å². The van der Waals surface area contributed by atoms with Crippen LogP contribution >= 0.6 is 0 Å². The largest absolute Gasteiger partial charge is 0.399 e.